The molecule has 1 saturated heterocycles. The number of hydrogen-bond acceptors (Lipinski definition) is 3. The number of likely N-dealkylation sites (N-methyl/N-ethyl adjacent to an activating group) is 1. The van der Waals surface area contributed by atoms with Gasteiger partial charge in [-0.05, 0) is 26.4 Å². The highest BCUT2D eigenvalue weighted by atomic mass is 35.5. The number of nitrogens with zero attached hydrogens (tertiary/aromatic N) is 2. The van der Waals surface area contributed by atoms with Gasteiger partial charge in [0, 0.05) is 25.6 Å². The molecule has 1 fully saturated rings. The molecule has 1 aliphatic heterocycles. The molecule has 2 rings (SSSR count). The van der Waals surface area contributed by atoms with Gasteiger partial charge in [0.2, 0.25) is 0 Å². The number of aryl methyl sites for hydroxylation is 1. The summed E-state index contributed by atoms with van der Waals surface area (Å²) in [5.41, 5.74) is 1.03. The van der Waals surface area contributed by atoms with Crippen LogP contribution in [-0.2, 0) is 13.0 Å². The monoisotopic (exact) mass is 270 g/mol. The molecule has 1 aromatic heterocycles. The smallest absolute Gasteiger partial charge is 0.151 e. The maximum absolute atomic E-state index is 6.15. The van der Waals surface area contributed by atoms with Gasteiger partial charge in [-0.3, -0.25) is 0 Å². The van der Waals surface area contributed by atoms with Crippen LogP contribution in [0.25, 0.3) is 0 Å². The molecule has 5 heteroatoms. The normalized spacial score (nSPS) is 20.7. The van der Waals surface area contributed by atoms with E-state index in [1.54, 1.807) is 0 Å². The Morgan fingerprint density at radius 3 is 3.06 bits per heavy atom. The van der Waals surface area contributed by atoms with Crippen LogP contribution >= 0.6 is 11.6 Å². The molecule has 0 aliphatic carbocycles. The zero-order valence-electron chi connectivity index (χ0n) is 11.3. The van der Waals surface area contributed by atoms with Crippen molar-refractivity contribution >= 4 is 11.6 Å². The molecule has 2 N–H and O–H groups in total. The summed E-state index contributed by atoms with van der Waals surface area (Å²) in [5.74, 6) is 1.02. The number of nitrogens with one attached hydrogen (secondary N) is 2. The maximum Gasteiger partial charge on any atom is 0.151 e. The predicted molar refractivity (Wildman–Crippen MR) is 75.0 cm³/mol. The minimum absolute atomic E-state index is 0.577. The molecule has 1 aromatic rings. The van der Waals surface area contributed by atoms with Gasteiger partial charge < -0.3 is 15.2 Å². The summed E-state index contributed by atoms with van der Waals surface area (Å²) in [6, 6.07) is 0.577. The van der Waals surface area contributed by atoms with E-state index in [1.807, 2.05) is 0 Å². The summed E-state index contributed by atoms with van der Waals surface area (Å²) in [6.45, 7) is 5.27. The van der Waals surface area contributed by atoms with Gasteiger partial charge in [0.25, 0.3) is 0 Å². The number of halogens is 1. The lowest BCUT2D eigenvalue weighted by molar-refractivity contribution is 0.397. The van der Waals surface area contributed by atoms with E-state index in [-0.39, 0.29) is 0 Å². The molecule has 2 heterocycles. The molecule has 0 bridgehead atoms. The average Bonchev–Trinajstić information content (AvgIpc) is 2.90. The largest absolute Gasteiger partial charge is 0.344 e. The molecule has 0 saturated carbocycles. The first-order valence-corrected chi connectivity index (χ1v) is 7.22. The highest BCUT2D eigenvalue weighted by molar-refractivity contribution is 6.30. The molecule has 0 radical (unpaired) electrons. The number of likely N-dealkylation sites (tertiary alicyclic amines) is 1. The minimum Gasteiger partial charge on any atom is -0.344 e. The number of hydrogen-bond donors (Lipinski definition) is 2. The number of aromatic nitrogens is 2. The maximum atomic E-state index is 6.15. The molecule has 1 unspecified atom stereocenters. The first-order valence-electron chi connectivity index (χ1n) is 6.84. The van der Waals surface area contributed by atoms with Gasteiger partial charge in [-0.1, -0.05) is 24.9 Å². The van der Waals surface area contributed by atoms with Gasteiger partial charge in [-0.2, -0.15) is 0 Å². The van der Waals surface area contributed by atoms with Crippen LogP contribution in [-0.4, -0.2) is 41.0 Å². The number of aromatic amines is 1. The van der Waals surface area contributed by atoms with Crippen LogP contribution in [0.3, 0.4) is 0 Å². The van der Waals surface area contributed by atoms with Crippen molar-refractivity contribution in [3.05, 3.63) is 16.7 Å². The summed E-state index contributed by atoms with van der Waals surface area (Å²) in [7, 11) is 2.16. The van der Waals surface area contributed by atoms with Gasteiger partial charge in [0.1, 0.15) is 5.82 Å². The fraction of sp³-hybridized carbons (Fsp3) is 0.769. The topological polar surface area (TPSA) is 44.0 Å². The molecule has 1 atom stereocenters. The van der Waals surface area contributed by atoms with Crippen molar-refractivity contribution in [2.45, 2.75) is 45.2 Å². The summed E-state index contributed by atoms with van der Waals surface area (Å²) in [4.78, 5) is 10.0. The Morgan fingerprint density at radius 2 is 2.39 bits per heavy atom. The third-order valence-corrected chi connectivity index (χ3v) is 3.82. The Bertz CT molecular complexity index is 377. The van der Waals surface area contributed by atoms with Crippen molar-refractivity contribution in [1.82, 2.24) is 20.2 Å². The fourth-order valence-corrected chi connectivity index (χ4v) is 2.58. The van der Waals surface area contributed by atoms with Crippen molar-refractivity contribution in [2.24, 2.45) is 0 Å². The highest BCUT2D eigenvalue weighted by Gasteiger charge is 2.19. The molecule has 1 aliphatic rings. The molecule has 4 nitrogen and oxygen atoms in total. The van der Waals surface area contributed by atoms with E-state index in [0.29, 0.717) is 11.2 Å². The summed E-state index contributed by atoms with van der Waals surface area (Å²) in [5, 5.41) is 4.17. The Kier molecular flexibility index (Phi) is 5.03. The van der Waals surface area contributed by atoms with E-state index in [0.717, 1.165) is 37.4 Å². The molecule has 0 aromatic carbocycles. The number of unbranched alkanes of at least 4 members (excludes halogenated alkanes) is 1. The molecular formula is C13H23ClN4. The lowest BCUT2D eigenvalue weighted by Crippen LogP contribution is -2.31. The Morgan fingerprint density at radius 1 is 1.56 bits per heavy atom. The van der Waals surface area contributed by atoms with E-state index in [9.17, 15) is 0 Å². The summed E-state index contributed by atoms with van der Waals surface area (Å²) in [6.07, 6.45) is 4.54. The van der Waals surface area contributed by atoms with Gasteiger partial charge in [0.05, 0.1) is 5.69 Å². The van der Waals surface area contributed by atoms with Crippen LogP contribution in [0.15, 0.2) is 0 Å². The lowest BCUT2D eigenvalue weighted by Gasteiger charge is -2.11. The molecule has 0 spiro atoms. The molecule has 102 valence electrons. The van der Waals surface area contributed by atoms with Gasteiger partial charge >= 0.3 is 0 Å². The van der Waals surface area contributed by atoms with Crippen LogP contribution in [0.5, 0.6) is 0 Å². The zero-order valence-corrected chi connectivity index (χ0v) is 12.1. The van der Waals surface area contributed by atoms with E-state index < -0.39 is 0 Å². The Hall–Kier alpha value is -0.580. The average molecular weight is 271 g/mol. The third-order valence-electron chi connectivity index (χ3n) is 3.50. The van der Waals surface area contributed by atoms with Crippen LogP contribution in [0.4, 0.5) is 0 Å². The van der Waals surface area contributed by atoms with Crippen molar-refractivity contribution in [3.8, 4) is 0 Å². The third kappa shape index (κ3) is 3.70. The predicted octanol–water partition coefficient (Wildman–Crippen LogP) is 2.20. The van der Waals surface area contributed by atoms with Crippen LogP contribution in [0.1, 0.15) is 37.7 Å². The standard InChI is InChI=1S/C13H23ClN4/c1-3-4-5-12-16-11(13(14)17-12)8-15-10-6-7-18(2)9-10/h10,15H,3-9H2,1-2H3,(H,16,17). The minimum atomic E-state index is 0.577. The summed E-state index contributed by atoms with van der Waals surface area (Å²) >= 11 is 6.15. The van der Waals surface area contributed by atoms with Crippen molar-refractivity contribution in [1.29, 1.82) is 0 Å². The van der Waals surface area contributed by atoms with Crippen LogP contribution < -0.4 is 5.32 Å². The second-order valence-electron chi connectivity index (χ2n) is 5.19. The van der Waals surface area contributed by atoms with E-state index in [2.05, 4.69) is 34.2 Å². The number of H-pyrrole nitrogens is 1. The SMILES string of the molecule is CCCCc1nc(Cl)c(CNC2CCN(C)C2)[nH]1. The van der Waals surface area contributed by atoms with Crippen molar-refractivity contribution in [2.75, 3.05) is 20.1 Å². The first kappa shape index (κ1) is 13.8. The number of rotatable bonds is 6. The molecular weight excluding hydrogens is 248 g/mol. The van der Waals surface area contributed by atoms with Crippen LogP contribution in [0.2, 0.25) is 5.15 Å². The van der Waals surface area contributed by atoms with Gasteiger partial charge in [-0.15, -0.1) is 0 Å². The second-order valence-corrected chi connectivity index (χ2v) is 5.54. The zero-order chi connectivity index (χ0) is 13.0. The number of imidazole rings is 1. The van der Waals surface area contributed by atoms with Crippen LogP contribution in [0, 0.1) is 0 Å². The quantitative estimate of drug-likeness (QED) is 0.833. The lowest BCUT2D eigenvalue weighted by atomic mass is 10.2. The molecule has 0 amide bonds. The van der Waals surface area contributed by atoms with Gasteiger partial charge in [-0.25, -0.2) is 4.98 Å². The summed E-state index contributed by atoms with van der Waals surface area (Å²) < 4.78 is 0. The van der Waals surface area contributed by atoms with Crippen molar-refractivity contribution in [3.63, 3.8) is 0 Å². The van der Waals surface area contributed by atoms with E-state index in [4.69, 9.17) is 11.6 Å². The fourth-order valence-electron chi connectivity index (χ4n) is 2.37. The van der Waals surface area contributed by atoms with Crippen molar-refractivity contribution < 1.29 is 0 Å². The van der Waals surface area contributed by atoms with E-state index in [1.165, 1.54) is 19.4 Å². The molecule has 18 heavy (non-hydrogen) atoms. The second kappa shape index (κ2) is 6.55. The van der Waals surface area contributed by atoms with E-state index >= 15 is 0 Å². The highest BCUT2D eigenvalue weighted by Crippen LogP contribution is 2.15. The Balaban J connectivity index is 1.83. The first-order chi connectivity index (χ1) is 8.69. The van der Waals surface area contributed by atoms with Gasteiger partial charge in [0.15, 0.2) is 5.15 Å². The Labute approximate surface area is 114 Å².